The van der Waals surface area contributed by atoms with Crippen LogP contribution in [0.4, 0.5) is 5.69 Å². The molecule has 0 amide bonds. The van der Waals surface area contributed by atoms with Crippen molar-refractivity contribution in [2.45, 2.75) is 64.4 Å². The Morgan fingerprint density at radius 1 is 1.16 bits per heavy atom. The van der Waals surface area contributed by atoms with E-state index in [2.05, 4.69) is 43.2 Å². The van der Waals surface area contributed by atoms with Crippen molar-refractivity contribution in [3.8, 4) is 17.4 Å². The number of nitrogens with zero attached hydrogens (tertiary/aromatic N) is 8. The number of piperidine rings is 1. The summed E-state index contributed by atoms with van der Waals surface area (Å²) in [4.78, 5) is 31.3. The quantitative estimate of drug-likeness (QED) is 0.438. The van der Waals surface area contributed by atoms with Crippen molar-refractivity contribution in [3.63, 3.8) is 0 Å². The zero-order chi connectivity index (χ0) is 25.9. The molecule has 0 aromatic carbocycles. The number of hydrogen-bond acceptors (Lipinski definition) is 9. The van der Waals surface area contributed by atoms with E-state index in [0.717, 1.165) is 62.3 Å². The van der Waals surface area contributed by atoms with Gasteiger partial charge in [0.05, 0.1) is 17.1 Å². The van der Waals surface area contributed by atoms with Crippen LogP contribution >= 0.6 is 11.6 Å². The van der Waals surface area contributed by atoms with Crippen LogP contribution in [0.5, 0.6) is 6.01 Å². The number of aromatic nitrogens is 7. The summed E-state index contributed by atoms with van der Waals surface area (Å²) in [6, 6.07) is 4.19. The summed E-state index contributed by atoms with van der Waals surface area (Å²) < 4.78 is 7.58. The number of ether oxygens (including phenoxy) is 1. The van der Waals surface area contributed by atoms with Gasteiger partial charge in [-0.15, -0.1) is 5.10 Å². The van der Waals surface area contributed by atoms with Crippen LogP contribution in [-0.4, -0.2) is 59.1 Å². The number of carboxylic acid groups (broad SMARTS) is 1. The minimum Gasteiger partial charge on any atom is -0.481 e. The number of hydrogen-bond donors (Lipinski definition) is 1. The molecule has 4 heterocycles. The molecule has 0 spiro atoms. The topological polar surface area (TPSA) is 132 Å². The van der Waals surface area contributed by atoms with Gasteiger partial charge in [0.1, 0.15) is 23.8 Å². The van der Waals surface area contributed by atoms with E-state index in [0.29, 0.717) is 23.1 Å². The number of pyridine rings is 1. The van der Waals surface area contributed by atoms with Gasteiger partial charge in [0.25, 0.3) is 0 Å². The Morgan fingerprint density at radius 3 is 2.73 bits per heavy atom. The largest absolute Gasteiger partial charge is 0.481 e. The molecule has 1 aliphatic heterocycles. The van der Waals surface area contributed by atoms with Crippen LogP contribution in [0.25, 0.3) is 11.4 Å². The molecule has 0 unspecified atom stereocenters. The van der Waals surface area contributed by atoms with Gasteiger partial charge in [0, 0.05) is 32.5 Å². The van der Waals surface area contributed by atoms with Gasteiger partial charge in [-0.25, -0.2) is 14.6 Å². The Balaban J connectivity index is 1.35. The predicted molar refractivity (Wildman–Crippen MR) is 137 cm³/mol. The third kappa shape index (κ3) is 5.66. The van der Waals surface area contributed by atoms with Crippen LogP contribution in [0, 0.1) is 5.92 Å². The Hall–Kier alpha value is -3.34. The lowest BCUT2D eigenvalue weighted by Gasteiger charge is -2.34. The number of aliphatic carboxylic acids is 1. The maximum absolute atomic E-state index is 11.2. The zero-order valence-electron chi connectivity index (χ0n) is 21.1. The van der Waals surface area contributed by atoms with E-state index in [1.54, 1.807) is 11.7 Å². The zero-order valence-corrected chi connectivity index (χ0v) is 21.9. The van der Waals surface area contributed by atoms with Gasteiger partial charge in [0.2, 0.25) is 5.28 Å². The average Bonchev–Trinajstić information content (AvgIpc) is 3.21. The van der Waals surface area contributed by atoms with E-state index in [4.69, 9.17) is 21.3 Å². The molecule has 11 nitrogen and oxygen atoms in total. The van der Waals surface area contributed by atoms with Crippen molar-refractivity contribution in [1.82, 2.24) is 34.9 Å². The van der Waals surface area contributed by atoms with Crippen LogP contribution in [0.1, 0.15) is 68.6 Å². The molecule has 2 aliphatic rings. The summed E-state index contributed by atoms with van der Waals surface area (Å²) in [5, 5.41) is 17.9. The molecule has 3 aromatic heterocycles. The van der Waals surface area contributed by atoms with E-state index in [-0.39, 0.29) is 30.2 Å². The minimum absolute atomic E-state index is 0.128. The number of rotatable bonds is 9. The molecule has 3 aromatic rings. The van der Waals surface area contributed by atoms with Gasteiger partial charge >= 0.3 is 12.0 Å². The maximum atomic E-state index is 11.2. The lowest BCUT2D eigenvalue weighted by atomic mass is 9.85. The highest BCUT2D eigenvalue weighted by Crippen LogP contribution is 2.35. The molecular weight excluding hydrogens is 496 g/mol. The van der Waals surface area contributed by atoms with E-state index in [1.165, 1.54) is 6.42 Å². The van der Waals surface area contributed by atoms with Crippen LogP contribution in [0.3, 0.4) is 0 Å². The number of halogens is 1. The number of carbonyl (C=O) groups is 1. The predicted octanol–water partition coefficient (Wildman–Crippen LogP) is 3.82. The van der Waals surface area contributed by atoms with Gasteiger partial charge in [-0.3, -0.25) is 4.79 Å². The highest BCUT2D eigenvalue weighted by molar-refractivity contribution is 6.28. The summed E-state index contributed by atoms with van der Waals surface area (Å²) in [7, 11) is 1.81. The highest BCUT2D eigenvalue weighted by Gasteiger charge is 2.26. The van der Waals surface area contributed by atoms with Crippen LogP contribution in [-0.2, 0) is 24.9 Å². The van der Waals surface area contributed by atoms with Crippen LogP contribution in [0.15, 0.2) is 12.1 Å². The molecule has 12 heteroatoms. The fraction of sp³-hybridized carbons (Fsp3) is 0.560. The fourth-order valence-electron chi connectivity index (χ4n) is 5.00. The molecular formula is C25H31ClN8O3. The summed E-state index contributed by atoms with van der Waals surface area (Å²) in [6.07, 6.45) is 6.11. The first-order valence-electron chi connectivity index (χ1n) is 12.8. The van der Waals surface area contributed by atoms with Crippen molar-refractivity contribution in [2.24, 2.45) is 13.0 Å². The first-order chi connectivity index (χ1) is 17.9. The van der Waals surface area contributed by atoms with Crippen molar-refractivity contribution in [1.29, 1.82) is 0 Å². The van der Waals surface area contributed by atoms with E-state index in [9.17, 15) is 9.90 Å². The third-order valence-corrected chi connectivity index (χ3v) is 7.38. The lowest BCUT2D eigenvalue weighted by molar-refractivity contribution is -0.138. The normalized spacial score (nSPS) is 18.0. The second-order valence-electron chi connectivity index (χ2n) is 9.74. The Bertz CT molecular complexity index is 1280. The lowest BCUT2D eigenvalue weighted by Crippen LogP contribution is -2.37. The first kappa shape index (κ1) is 25.3. The molecule has 1 saturated carbocycles. The first-order valence-corrected chi connectivity index (χ1v) is 13.2. The third-order valence-electron chi connectivity index (χ3n) is 7.21. The summed E-state index contributed by atoms with van der Waals surface area (Å²) in [6.45, 7) is 3.84. The Labute approximate surface area is 220 Å². The Kier molecular flexibility index (Phi) is 7.50. The summed E-state index contributed by atoms with van der Waals surface area (Å²) >= 11 is 6.12. The van der Waals surface area contributed by atoms with E-state index >= 15 is 0 Å². The molecule has 1 aliphatic carbocycles. The highest BCUT2D eigenvalue weighted by atomic mass is 35.5. The second kappa shape index (κ2) is 11.0. The van der Waals surface area contributed by atoms with Gasteiger partial charge < -0.3 is 14.7 Å². The van der Waals surface area contributed by atoms with Gasteiger partial charge in [-0.2, -0.15) is 9.97 Å². The smallest absolute Gasteiger partial charge is 0.321 e. The van der Waals surface area contributed by atoms with E-state index in [1.807, 2.05) is 6.07 Å². The number of carboxylic acids is 1. The molecule has 0 radical (unpaired) electrons. The molecule has 0 bridgehead atoms. The van der Waals surface area contributed by atoms with Crippen molar-refractivity contribution < 1.29 is 14.6 Å². The van der Waals surface area contributed by atoms with Crippen LogP contribution in [0.2, 0.25) is 5.28 Å². The van der Waals surface area contributed by atoms with Crippen LogP contribution < -0.4 is 9.64 Å². The molecule has 1 saturated heterocycles. The molecule has 2 fully saturated rings. The maximum Gasteiger partial charge on any atom is 0.321 e. The molecule has 37 heavy (non-hydrogen) atoms. The molecule has 1 N–H and O–H groups in total. The summed E-state index contributed by atoms with van der Waals surface area (Å²) in [5.41, 5.74) is 4.07. The van der Waals surface area contributed by atoms with Crippen molar-refractivity contribution in [3.05, 3.63) is 34.6 Å². The van der Waals surface area contributed by atoms with E-state index < -0.39 is 5.97 Å². The minimum atomic E-state index is -0.743. The monoisotopic (exact) mass is 526 g/mol. The standard InChI is InChI=1S/C25H31ClN8O3/c1-3-17-19(34-11-5-6-15(13-34)12-21(35)36)10-9-18(27-17)22-20(33(2)32-31-22)14-37-25-29-23(16-7-4-8-16)28-24(26)30-25/h9-10,15-16H,3-8,11-14H2,1-2H3,(H,35,36)/t15-/m1/s1. The van der Waals surface area contributed by atoms with Gasteiger partial charge in [-0.1, -0.05) is 18.6 Å². The number of aryl methyl sites for hydroxylation is 2. The molecule has 196 valence electrons. The molecule has 1 atom stereocenters. The fourth-order valence-corrected chi connectivity index (χ4v) is 5.16. The second-order valence-corrected chi connectivity index (χ2v) is 10.1. The van der Waals surface area contributed by atoms with Gasteiger partial charge in [-0.05, 0) is 61.8 Å². The number of anilines is 1. The SMILES string of the molecule is CCc1nc(-c2nnn(C)c2COc2nc(Cl)nc(C3CCC3)n2)ccc1N1CCC[C@H](CC(=O)O)C1. The summed E-state index contributed by atoms with van der Waals surface area (Å²) in [5.74, 6) is 0.393. The van der Waals surface area contributed by atoms with Crippen molar-refractivity contribution >= 4 is 23.3 Å². The van der Waals surface area contributed by atoms with Crippen molar-refractivity contribution in [2.75, 3.05) is 18.0 Å². The Morgan fingerprint density at radius 2 is 2.00 bits per heavy atom. The average molecular weight is 527 g/mol. The molecule has 5 rings (SSSR count). The van der Waals surface area contributed by atoms with Gasteiger partial charge in [0.15, 0.2) is 0 Å².